The number of aryl methyl sites for hydroxylation is 3. The first-order valence-corrected chi connectivity index (χ1v) is 5.50. The summed E-state index contributed by atoms with van der Waals surface area (Å²) in [6, 6.07) is 10.8. The van der Waals surface area contributed by atoms with Crippen LogP contribution in [0.1, 0.15) is 22.3 Å². The van der Waals surface area contributed by atoms with Crippen molar-refractivity contribution >= 4 is 0 Å². The molecule has 0 radical (unpaired) electrons. The van der Waals surface area contributed by atoms with E-state index in [-0.39, 0.29) is 0 Å². The zero-order valence-corrected chi connectivity index (χ0v) is 9.96. The van der Waals surface area contributed by atoms with Gasteiger partial charge < -0.3 is 0 Å². The van der Waals surface area contributed by atoms with Gasteiger partial charge in [0.05, 0.1) is 12.5 Å². The van der Waals surface area contributed by atoms with Gasteiger partial charge in [0.15, 0.2) is 0 Å². The third kappa shape index (κ3) is 1.67. The van der Waals surface area contributed by atoms with Gasteiger partial charge in [-0.05, 0) is 48.6 Å². The minimum atomic E-state index is 0.493. The Balaban J connectivity index is 2.77. The van der Waals surface area contributed by atoms with E-state index in [2.05, 4.69) is 51.1 Å². The van der Waals surface area contributed by atoms with Gasteiger partial charge in [-0.15, -0.1) is 0 Å². The molecule has 0 spiro atoms. The van der Waals surface area contributed by atoms with Crippen molar-refractivity contribution in [2.75, 3.05) is 0 Å². The van der Waals surface area contributed by atoms with E-state index in [4.69, 9.17) is 5.26 Å². The van der Waals surface area contributed by atoms with Gasteiger partial charge in [-0.1, -0.05) is 29.8 Å². The molecule has 0 aliphatic heterocycles. The number of nitriles is 1. The first-order valence-electron chi connectivity index (χ1n) is 5.50. The van der Waals surface area contributed by atoms with Crippen molar-refractivity contribution in [3.63, 3.8) is 0 Å². The minimum absolute atomic E-state index is 0.493. The summed E-state index contributed by atoms with van der Waals surface area (Å²) >= 11 is 0. The first kappa shape index (κ1) is 10.7. The maximum absolute atomic E-state index is 8.82. The van der Waals surface area contributed by atoms with Crippen LogP contribution < -0.4 is 0 Å². The van der Waals surface area contributed by atoms with Crippen molar-refractivity contribution in [2.45, 2.75) is 27.2 Å². The molecule has 0 saturated heterocycles. The van der Waals surface area contributed by atoms with Crippen LogP contribution in [0.3, 0.4) is 0 Å². The van der Waals surface area contributed by atoms with Crippen LogP contribution in [0.15, 0.2) is 24.3 Å². The van der Waals surface area contributed by atoms with Crippen LogP contribution in [-0.2, 0) is 6.42 Å². The summed E-state index contributed by atoms with van der Waals surface area (Å²) in [5, 5.41) is 8.82. The van der Waals surface area contributed by atoms with Gasteiger partial charge in [-0.3, -0.25) is 0 Å². The Labute approximate surface area is 96.7 Å². The normalized spacial score (nSPS) is 10.4. The van der Waals surface area contributed by atoms with Crippen molar-refractivity contribution in [1.29, 1.82) is 5.26 Å². The maximum Gasteiger partial charge on any atom is 0.0669 e. The molecule has 2 aliphatic rings. The minimum Gasteiger partial charge on any atom is -0.198 e. The number of hydrogen-bond acceptors (Lipinski definition) is 1. The van der Waals surface area contributed by atoms with E-state index >= 15 is 0 Å². The zero-order chi connectivity index (χ0) is 11.7. The van der Waals surface area contributed by atoms with Crippen molar-refractivity contribution in [1.82, 2.24) is 0 Å². The highest BCUT2D eigenvalue weighted by Crippen LogP contribution is 2.33. The molecule has 1 nitrogen and oxygen atoms in total. The molecule has 0 fully saturated rings. The largest absolute Gasteiger partial charge is 0.198 e. The van der Waals surface area contributed by atoms with Gasteiger partial charge in [-0.2, -0.15) is 5.26 Å². The molecule has 0 bridgehead atoms. The fraction of sp³-hybridized carbons (Fsp3) is 0.267. The molecule has 0 aromatic heterocycles. The lowest BCUT2D eigenvalue weighted by Crippen LogP contribution is -1.84. The molecule has 0 N–H and O–H groups in total. The van der Waals surface area contributed by atoms with Gasteiger partial charge in [0.1, 0.15) is 0 Å². The lowest BCUT2D eigenvalue weighted by Gasteiger charge is -2.03. The van der Waals surface area contributed by atoms with Gasteiger partial charge in [0, 0.05) is 0 Å². The predicted molar refractivity (Wildman–Crippen MR) is 66.6 cm³/mol. The van der Waals surface area contributed by atoms with Crippen LogP contribution in [-0.4, -0.2) is 0 Å². The second-order valence-electron chi connectivity index (χ2n) is 4.38. The molecule has 0 aromatic carbocycles. The van der Waals surface area contributed by atoms with Gasteiger partial charge >= 0.3 is 0 Å². The highest BCUT2D eigenvalue weighted by molar-refractivity contribution is 5.77. The number of rotatable bonds is 1. The molecule has 0 heterocycles. The Morgan fingerprint density at radius 1 is 1.06 bits per heavy atom. The molecular formula is C15H15N. The average molecular weight is 209 g/mol. The van der Waals surface area contributed by atoms with Crippen LogP contribution in [0.5, 0.6) is 0 Å². The first-order chi connectivity index (χ1) is 7.63. The molecule has 80 valence electrons. The highest BCUT2D eigenvalue weighted by atomic mass is 14.2. The Morgan fingerprint density at radius 3 is 2.44 bits per heavy atom. The number of fused-ring (bicyclic) bond motifs is 1. The second kappa shape index (κ2) is 3.98. The lowest BCUT2D eigenvalue weighted by atomic mass is 10.0. The van der Waals surface area contributed by atoms with Crippen LogP contribution in [0.25, 0.3) is 11.1 Å². The topological polar surface area (TPSA) is 23.8 Å². The van der Waals surface area contributed by atoms with E-state index in [9.17, 15) is 0 Å². The SMILES string of the molecule is Cc1cc(C)c2ccc(CC#N)c-2c(C)c1. The molecule has 0 atom stereocenters. The van der Waals surface area contributed by atoms with E-state index in [1.54, 1.807) is 0 Å². The van der Waals surface area contributed by atoms with Crippen LogP contribution in [0.2, 0.25) is 0 Å². The highest BCUT2D eigenvalue weighted by Gasteiger charge is 2.13. The summed E-state index contributed by atoms with van der Waals surface area (Å²) in [7, 11) is 0. The fourth-order valence-corrected chi connectivity index (χ4v) is 2.42. The Morgan fingerprint density at radius 2 is 1.75 bits per heavy atom. The molecule has 1 heteroatoms. The van der Waals surface area contributed by atoms with E-state index in [1.807, 2.05) is 0 Å². The molecular weight excluding hydrogens is 194 g/mol. The Kier molecular flexibility index (Phi) is 2.66. The van der Waals surface area contributed by atoms with Crippen molar-refractivity contribution in [2.24, 2.45) is 0 Å². The summed E-state index contributed by atoms with van der Waals surface area (Å²) in [5.74, 6) is 0. The summed E-state index contributed by atoms with van der Waals surface area (Å²) in [4.78, 5) is 0. The predicted octanol–water partition coefficient (Wildman–Crippen LogP) is 3.78. The van der Waals surface area contributed by atoms with Crippen LogP contribution in [0, 0.1) is 32.1 Å². The number of nitrogens with zero attached hydrogens (tertiary/aromatic N) is 1. The van der Waals surface area contributed by atoms with E-state index in [1.165, 1.54) is 27.8 Å². The number of hydrogen-bond donors (Lipinski definition) is 0. The Bertz CT molecular complexity index is 546. The van der Waals surface area contributed by atoms with Crippen molar-refractivity contribution < 1.29 is 0 Å². The molecule has 0 saturated carbocycles. The molecule has 2 rings (SSSR count). The molecule has 0 unspecified atom stereocenters. The van der Waals surface area contributed by atoms with E-state index in [0.29, 0.717) is 6.42 Å². The summed E-state index contributed by atoms with van der Waals surface area (Å²) in [6.07, 6.45) is 0.493. The third-order valence-electron chi connectivity index (χ3n) is 3.02. The average Bonchev–Trinajstić information content (AvgIpc) is 2.57. The van der Waals surface area contributed by atoms with E-state index in [0.717, 1.165) is 5.56 Å². The van der Waals surface area contributed by atoms with Crippen LogP contribution >= 0.6 is 0 Å². The molecule has 0 aromatic rings. The summed E-state index contributed by atoms with van der Waals surface area (Å²) in [5.41, 5.74) is 7.49. The van der Waals surface area contributed by atoms with Gasteiger partial charge in [0.2, 0.25) is 0 Å². The van der Waals surface area contributed by atoms with Gasteiger partial charge in [0.25, 0.3) is 0 Å². The monoisotopic (exact) mass is 209 g/mol. The molecule has 2 aliphatic carbocycles. The summed E-state index contributed by atoms with van der Waals surface area (Å²) in [6.45, 7) is 6.36. The fourth-order valence-electron chi connectivity index (χ4n) is 2.42. The standard InChI is InChI=1S/C15H15N/c1-10-8-11(2)14-5-4-13(6-7-16)15(14)12(3)9-10/h4-5,8-9H,6H2,1-3H3. The second-order valence-corrected chi connectivity index (χ2v) is 4.38. The molecule has 0 amide bonds. The maximum atomic E-state index is 8.82. The smallest absolute Gasteiger partial charge is 0.0669 e. The Hall–Kier alpha value is -1.81. The van der Waals surface area contributed by atoms with Crippen LogP contribution in [0.4, 0.5) is 0 Å². The zero-order valence-electron chi connectivity index (χ0n) is 9.96. The van der Waals surface area contributed by atoms with E-state index < -0.39 is 0 Å². The third-order valence-corrected chi connectivity index (χ3v) is 3.02. The lowest BCUT2D eigenvalue weighted by molar-refractivity contribution is 1.27. The quantitative estimate of drug-likeness (QED) is 0.701. The van der Waals surface area contributed by atoms with Gasteiger partial charge in [-0.25, -0.2) is 0 Å². The van der Waals surface area contributed by atoms with Crippen molar-refractivity contribution in [3.8, 4) is 17.2 Å². The molecule has 16 heavy (non-hydrogen) atoms. The van der Waals surface area contributed by atoms with Crippen molar-refractivity contribution in [3.05, 3.63) is 46.5 Å². The summed E-state index contributed by atoms with van der Waals surface area (Å²) < 4.78 is 0.